The third-order valence-electron chi connectivity index (χ3n) is 0.768. The monoisotopic (exact) mass is 159 g/mol. The third-order valence-corrected chi connectivity index (χ3v) is 1.71. The zero-order valence-corrected chi connectivity index (χ0v) is 6.49. The predicted molar refractivity (Wildman–Crippen MR) is 43.2 cm³/mol. The summed E-state index contributed by atoms with van der Waals surface area (Å²) in [6.07, 6.45) is 0.179. The van der Waals surface area contributed by atoms with Crippen LogP contribution in [0.1, 0.15) is 0 Å². The maximum Gasteiger partial charge on any atom is 0.229 e. The fourth-order valence-corrected chi connectivity index (χ4v) is 0.955. The first-order chi connectivity index (χ1) is 4.81. The molecule has 3 nitrogen and oxygen atoms in total. The molecule has 0 atom stereocenters. The number of hydrogen-bond acceptors (Lipinski definition) is 3. The normalized spacial score (nSPS) is 9.30. The number of rotatable bonds is 5. The van der Waals surface area contributed by atoms with Crippen LogP contribution in [-0.2, 0) is 4.79 Å². The maximum atomic E-state index is 10.6. The Balaban J connectivity index is 3.05. The molecule has 0 aliphatic heterocycles. The summed E-state index contributed by atoms with van der Waals surface area (Å²) in [4.78, 5) is 10.6. The van der Waals surface area contributed by atoms with Crippen LogP contribution in [0.2, 0.25) is 0 Å². The van der Waals surface area contributed by atoms with Crippen molar-refractivity contribution in [3.63, 3.8) is 0 Å². The molecule has 0 aliphatic carbocycles. The molecule has 2 radical (unpaired) electrons. The topological polar surface area (TPSA) is 49.3 Å². The quantitative estimate of drug-likeness (QED) is 0.397. The summed E-state index contributed by atoms with van der Waals surface area (Å²) in [6.45, 7) is 0.112. The zero-order chi connectivity index (χ0) is 7.82. The Morgan fingerprint density at radius 1 is 1.70 bits per heavy atom. The van der Waals surface area contributed by atoms with E-state index in [1.807, 2.05) is 0 Å². The third kappa shape index (κ3) is 5.97. The van der Waals surface area contributed by atoms with Gasteiger partial charge in [-0.1, -0.05) is 0 Å². The van der Waals surface area contributed by atoms with Crippen molar-refractivity contribution in [1.29, 1.82) is 0 Å². The Morgan fingerprint density at radius 3 is 2.90 bits per heavy atom. The minimum absolute atomic E-state index is 0.0825. The molecule has 0 spiro atoms. The Bertz CT molecular complexity index is 102. The van der Waals surface area contributed by atoms with Crippen LogP contribution in [0.3, 0.4) is 0 Å². The molecule has 5 heteroatoms. The maximum absolute atomic E-state index is 10.6. The second kappa shape index (κ2) is 6.96. The van der Waals surface area contributed by atoms with Gasteiger partial charge in [0.2, 0.25) is 5.91 Å². The van der Waals surface area contributed by atoms with Gasteiger partial charge in [-0.3, -0.25) is 4.79 Å². The van der Waals surface area contributed by atoms with E-state index in [0.717, 1.165) is 0 Å². The molecule has 10 heavy (non-hydrogen) atoms. The molecular weight excluding hydrogens is 149 g/mol. The molecule has 0 aromatic rings. The van der Waals surface area contributed by atoms with Gasteiger partial charge >= 0.3 is 0 Å². The molecule has 0 aromatic carbocycles. The lowest BCUT2D eigenvalue weighted by Crippen LogP contribution is -2.26. The molecule has 2 N–H and O–H groups in total. The van der Waals surface area contributed by atoms with E-state index in [2.05, 4.69) is 5.32 Å². The van der Waals surface area contributed by atoms with Crippen molar-refractivity contribution >= 4 is 25.5 Å². The Kier molecular flexibility index (Phi) is 6.85. The van der Waals surface area contributed by atoms with Crippen LogP contribution in [0, 0.1) is 0 Å². The highest BCUT2D eigenvalue weighted by molar-refractivity contribution is 7.99. The van der Waals surface area contributed by atoms with E-state index in [0.29, 0.717) is 11.5 Å². The van der Waals surface area contributed by atoms with Crippen molar-refractivity contribution in [3.05, 3.63) is 0 Å². The van der Waals surface area contributed by atoms with E-state index in [4.69, 9.17) is 13.0 Å². The van der Waals surface area contributed by atoms with Crippen LogP contribution < -0.4 is 5.32 Å². The molecule has 0 unspecified atom stereocenters. The highest BCUT2D eigenvalue weighted by Gasteiger charge is 1.96. The van der Waals surface area contributed by atoms with Gasteiger partial charge in [-0.2, -0.15) is 0 Å². The van der Waals surface area contributed by atoms with Gasteiger partial charge < -0.3 is 10.4 Å². The van der Waals surface area contributed by atoms with Crippen molar-refractivity contribution in [1.82, 2.24) is 5.32 Å². The number of aliphatic hydroxyl groups excluding tert-OH is 1. The summed E-state index contributed by atoms with van der Waals surface area (Å²) in [5, 5.41) is 10.8. The lowest BCUT2D eigenvalue weighted by atomic mass is 10.2. The highest BCUT2D eigenvalue weighted by Crippen LogP contribution is 1.96. The number of carbonyl (C=O) groups is 1. The number of nitrogens with one attached hydrogen (secondary N) is 1. The van der Waals surface area contributed by atoms with Gasteiger partial charge in [0.15, 0.2) is 0 Å². The Hall–Kier alpha value is -0.155. The molecule has 0 heterocycles. The van der Waals surface area contributed by atoms with Crippen LogP contribution >= 0.6 is 11.8 Å². The van der Waals surface area contributed by atoms with Crippen LogP contribution in [0.25, 0.3) is 0 Å². The lowest BCUT2D eigenvalue weighted by Gasteiger charge is -1.99. The molecule has 0 fully saturated rings. The highest BCUT2D eigenvalue weighted by atomic mass is 32.2. The van der Waals surface area contributed by atoms with Crippen molar-refractivity contribution < 1.29 is 9.90 Å². The molecule has 0 aliphatic rings. The van der Waals surface area contributed by atoms with Crippen LogP contribution in [0.4, 0.5) is 0 Å². The summed E-state index contributed by atoms with van der Waals surface area (Å²) < 4.78 is 0. The number of amides is 1. The number of carbonyl (C=O) groups excluding carboxylic acids is 1. The Morgan fingerprint density at radius 2 is 2.40 bits per heavy atom. The first-order valence-electron chi connectivity index (χ1n) is 2.96. The van der Waals surface area contributed by atoms with Gasteiger partial charge in [-0.05, 0) is 6.44 Å². The first-order valence-corrected chi connectivity index (χ1v) is 4.12. The minimum Gasteiger partial charge on any atom is -0.396 e. The standard InChI is InChI=1S/C5H10BNO2S/c6-4-7-5(9)3-10-2-1-8/h8H,1-4H2,(H,7,9). The Labute approximate surface area is 66.0 Å². The lowest BCUT2D eigenvalue weighted by molar-refractivity contribution is -0.118. The predicted octanol–water partition coefficient (Wildman–Crippen LogP) is -1.05. The molecule has 0 saturated carbocycles. The van der Waals surface area contributed by atoms with Gasteiger partial charge in [0.25, 0.3) is 0 Å². The second-order valence-corrected chi connectivity index (χ2v) is 2.69. The van der Waals surface area contributed by atoms with Gasteiger partial charge in [0.05, 0.1) is 20.2 Å². The van der Waals surface area contributed by atoms with Gasteiger partial charge in [-0.25, -0.2) is 0 Å². The van der Waals surface area contributed by atoms with E-state index in [9.17, 15) is 4.79 Å². The summed E-state index contributed by atoms with van der Waals surface area (Å²) in [5.74, 6) is 0.886. The van der Waals surface area contributed by atoms with Gasteiger partial charge in [-0.15, -0.1) is 11.8 Å². The zero-order valence-electron chi connectivity index (χ0n) is 5.67. The number of aliphatic hydroxyl groups is 1. The second-order valence-electron chi connectivity index (χ2n) is 1.58. The van der Waals surface area contributed by atoms with E-state index in [1.54, 1.807) is 0 Å². The molecular formula is C5H10BNO2S. The van der Waals surface area contributed by atoms with Crippen LogP contribution in [0.15, 0.2) is 0 Å². The van der Waals surface area contributed by atoms with Crippen molar-refractivity contribution in [2.75, 3.05) is 24.6 Å². The average molecular weight is 159 g/mol. The number of hydrogen-bond donors (Lipinski definition) is 2. The fourth-order valence-electron chi connectivity index (χ4n) is 0.394. The SMILES string of the molecule is [B]CNC(=O)CSCCO. The molecule has 0 rings (SSSR count). The average Bonchev–Trinajstić information content (AvgIpc) is 1.89. The molecule has 1 amide bonds. The van der Waals surface area contributed by atoms with E-state index >= 15 is 0 Å². The van der Waals surface area contributed by atoms with Crippen LogP contribution in [-0.4, -0.2) is 43.4 Å². The summed E-state index contributed by atoms with van der Waals surface area (Å²) >= 11 is 1.38. The summed E-state index contributed by atoms with van der Waals surface area (Å²) in [7, 11) is 5.04. The molecule has 0 saturated heterocycles. The summed E-state index contributed by atoms with van der Waals surface area (Å²) in [6, 6.07) is 0. The van der Waals surface area contributed by atoms with Crippen molar-refractivity contribution in [2.24, 2.45) is 0 Å². The largest absolute Gasteiger partial charge is 0.396 e. The van der Waals surface area contributed by atoms with E-state index in [-0.39, 0.29) is 19.0 Å². The van der Waals surface area contributed by atoms with E-state index < -0.39 is 0 Å². The van der Waals surface area contributed by atoms with Crippen LogP contribution in [0.5, 0.6) is 0 Å². The van der Waals surface area contributed by atoms with Gasteiger partial charge in [0.1, 0.15) is 0 Å². The number of thioether (sulfide) groups is 1. The first kappa shape index (κ1) is 9.84. The van der Waals surface area contributed by atoms with Crippen molar-refractivity contribution in [3.8, 4) is 0 Å². The molecule has 0 bridgehead atoms. The minimum atomic E-state index is -0.0825. The molecule has 0 aromatic heterocycles. The molecule has 56 valence electrons. The van der Waals surface area contributed by atoms with Crippen molar-refractivity contribution in [2.45, 2.75) is 0 Å². The summed E-state index contributed by atoms with van der Waals surface area (Å²) in [5.41, 5.74) is 0. The smallest absolute Gasteiger partial charge is 0.229 e. The van der Waals surface area contributed by atoms with E-state index in [1.165, 1.54) is 11.8 Å². The fraction of sp³-hybridized carbons (Fsp3) is 0.800. The van der Waals surface area contributed by atoms with Gasteiger partial charge in [0, 0.05) is 5.75 Å².